The lowest BCUT2D eigenvalue weighted by Crippen LogP contribution is -2.30. The van der Waals surface area contributed by atoms with E-state index in [9.17, 15) is 14.4 Å². The van der Waals surface area contributed by atoms with Crippen LogP contribution in [-0.2, 0) is 4.79 Å². The number of nitrogens with zero attached hydrogens (tertiary/aromatic N) is 1. The molecule has 0 unspecified atom stereocenters. The van der Waals surface area contributed by atoms with Crippen LogP contribution in [0.25, 0.3) is 0 Å². The van der Waals surface area contributed by atoms with E-state index in [-0.39, 0.29) is 23.8 Å². The number of rotatable bonds is 12. The second kappa shape index (κ2) is 12.6. The van der Waals surface area contributed by atoms with Gasteiger partial charge in [0.25, 0.3) is 11.8 Å². The van der Waals surface area contributed by atoms with Gasteiger partial charge in [-0.25, -0.2) is 0 Å². The maximum Gasteiger partial charge on any atom is 0.261 e. The summed E-state index contributed by atoms with van der Waals surface area (Å²) in [5, 5.41) is 3.20. The van der Waals surface area contributed by atoms with Crippen molar-refractivity contribution in [1.29, 1.82) is 0 Å². The Morgan fingerprint density at radius 3 is 1.86 bits per heavy atom. The molecule has 5 nitrogen and oxygen atoms in total. The SMILES string of the molecule is O=C(CCCCCCCCN1C(=O)c2ccccc2C1=O)N[C@H](c1ccccc1)c1ccc(Br)cc1. The zero-order valence-corrected chi connectivity index (χ0v) is 21.9. The zero-order valence-electron chi connectivity index (χ0n) is 20.3. The summed E-state index contributed by atoms with van der Waals surface area (Å²) in [6, 6.07) is 24.9. The summed E-state index contributed by atoms with van der Waals surface area (Å²) >= 11 is 3.48. The molecular weight excluding hydrogens is 516 g/mol. The average Bonchev–Trinajstić information content (AvgIpc) is 3.15. The lowest BCUT2D eigenvalue weighted by atomic mass is 9.98. The van der Waals surface area contributed by atoms with Gasteiger partial charge in [-0.15, -0.1) is 0 Å². The van der Waals surface area contributed by atoms with Gasteiger partial charge >= 0.3 is 0 Å². The van der Waals surface area contributed by atoms with E-state index in [0.29, 0.717) is 24.1 Å². The molecule has 3 aromatic rings. The highest BCUT2D eigenvalue weighted by Gasteiger charge is 2.34. The van der Waals surface area contributed by atoms with E-state index in [1.54, 1.807) is 24.3 Å². The molecule has 0 aliphatic carbocycles. The first-order valence-corrected chi connectivity index (χ1v) is 13.4. The molecule has 0 saturated carbocycles. The number of unbranched alkanes of at least 4 members (excludes halogenated alkanes) is 5. The van der Waals surface area contributed by atoms with Crippen molar-refractivity contribution < 1.29 is 14.4 Å². The molecule has 1 atom stereocenters. The molecule has 4 rings (SSSR count). The molecular formula is C30H31BrN2O3. The molecule has 1 aliphatic heterocycles. The van der Waals surface area contributed by atoms with Crippen LogP contribution in [-0.4, -0.2) is 29.2 Å². The van der Waals surface area contributed by atoms with E-state index in [0.717, 1.165) is 54.1 Å². The van der Waals surface area contributed by atoms with Gasteiger partial charge in [-0.1, -0.05) is 96.2 Å². The summed E-state index contributed by atoms with van der Waals surface area (Å²) in [6.07, 6.45) is 6.13. The standard InChI is InChI=1S/C30H31BrN2O3/c31-24-19-17-23(18-20-24)28(22-12-6-5-7-13-22)32-27(34)16-8-3-1-2-4-11-21-33-29(35)25-14-9-10-15-26(25)30(33)36/h5-7,9-10,12-15,17-20,28H,1-4,8,11,16,21H2,(H,32,34)/t28-/m1/s1. The highest BCUT2D eigenvalue weighted by atomic mass is 79.9. The number of fused-ring (bicyclic) bond motifs is 1. The zero-order chi connectivity index (χ0) is 25.3. The third kappa shape index (κ3) is 6.49. The van der Waals surface area contributed by atoms with Crippen molar-refractivity contribution >= 4 is 33.7 Å². The molecule has 1 aliphatic rings. The molecule has 3 aromatic carbocycles. The first-order valence-electron chi connectivity index (χ1n) is 12.6. The predicted octanol–water partition coefficient (Wildman–Crippen LogP) is 6.68. The van der Waals surface area contributed by atoms with Crippen molar-refractivity contribution in [3.8, 4) is 0 Å². The van der Waals surface area contributed by atoms with Crippen LogP contribution in [0.15, 0.2) is 83.3 Å². The molecule has 0 aromatic heterocycles. The number of nitrogens with one attached hydrogen (secondary N) is 1. The molecule has 0 fully saturated rings. The lowest BCUT2D eigenvalue weighted by Gasteiger charge is -2.20. The highest BCUT2D eigenvalue weighted by Crippen LogP contribution is 2.25. The van der Waals surface area contributed by atoms with Crippen molar-refractivity contribution in [2.45, 2.75) is 51.0 Å². The van der Waals surface area contributed by atoms with Crippen LogP contribution in [0.1, 0.15) is 82.8 Å². The molecule has 0 radical (unpaired) electrons. The van der Waals surface area contributed by atoms with Crippen LogP contribution in [0.4, 0.5) is 0 Å². The highest BCUT2D eigenvalue weighted by molar-refractivity contribution is 9.10. The van der Waals surface area contributed by atoms with Gasteiger partial charge in [0.1, 0.15) is 0 Å². The van der Waals surface area contributed by atoms with Gasteiger partial charge in [-0.2, -0.15) is 0 Å². The van der Waals surface area contributed by atoms with Crippen molar-refractivity contribution in [2.75, 3.05) is 6.54 Å². The Kier molecular flexibility index (Phi) is 9.06. The van der Waals surface area contributed by atoms with E-state index in [1.807, 2.05) is 54.6 Å². The molecule has 1 heterocycles. The Morgan fingerprint density at radius 1 is 0.694 bits per heavy atom. The molecule has 36 heavy (non-hydrogen) atoms. The summed E-state index contributed by atoms with van der Waals surface area (Å²) in [6.45, 7) is 0.464. The van der Waals surface area contributed by atoms with Crippen molar-refractivity contribution in [3.63, 3.8) is 0 Å². The van der Waals surface area contributed by atoms with Gasteiger partial charge in [0.15, 0.2) is 0 Å². The smallest absolute Gasteiger partial charge is 0.261 e. The first kappa shape index (κ1) is 25.8. The van der Waals surface area contributed by atoms with Gasteiger partial charge in [-0.05, 0) is 48.2 Å². The molecule has 0 saturated heterocycles. The summed E-state index contributed by atoms with van der Waals surface area (Å²) in [4.78, 5) is 38.9. The Hall–Kier alpha value is -3.25. The Morgan fingerprint density at radius 2 is 1.22 bits per heavy atom. The molecule has 186 valence electrons. The van der Waals surface area contributed by atoms with Gasteiger partial charge in [-0.3, -0.25) is 19.3 Å². The summed E-state index contributed by atoms with van der Waals surface area (Å²) < 4.78 is 1.01. The van der Waals surface area contributed by atoms with E-state index >= 15 is 0 Å². The topological polar surface area (TPSA) is 66.5 Å². The van der Waals surface area contributed by atoms with E-state index in [2.05, 4.69) is 21.2 Å². The lowest BCUT2D eigenvalue weighted by molar-refractivity contribution is -0.121. The first-order chi connectivity index (χ1) is 17.5. The average molecular weight is 547 g/mol. The van der Waals surface area contributed by atoms with Crippen molar-refractivity contribution in [3.05, 3.63) is 106 Å². The Balaban J connectivity index is 1.14. The van der Waals surface area contributed by atoms with Gasteiger partial charge in [0, 0.05) is 17.4 Å². The number of carbonyl (C=O) groups is 3. The Labute approximate surface area is 221 Å². The third-order valence-corrected chi connectivity index (χ3v) is 7.08. The largest absolute Gasteiger partial charge is 0.345 e. The van der Waals surface area contributed by atoms with E-state index in [1.165, 1.54) is 4.90 Å². The van der Waals surface area contributed by atoms with Crippen LogP contribution in [0.3, 0.4) is 0 Å². The van der Waals surface area contributed by atoms with E-state index < -0.39 is 0 Å². The molecule has 1 N–H and O–H groups in total. The van der Waals surface area contributed by atoms with Crippen LogP contribution in [0.2, 0.25) is 0 Å². The van der Waals surface area contributed by atoms with Gasteiger partial charge < -0.3 is 5.32 Å². The summed E-state index contributed by atoms with van der Waals surface area (Å²) in [7, 11) is 0. The second-order valence-electron chi connectivity index (χ2n) is 9.14. The maximum absolute atomic E-state index is 12.7. The maximum atomic E-state index is 12.7. The van der Waals surface area contributed by atoms with Crippen LogP contribution >= 0.6 is 15.9 Å². The number of benzene rings is 3. The molecule has 0 bridgehead atoms. The minimum Gasteiger partial charge on any atom is -0.345 e. The van der Waals surface area contributed by atoms with Crippen LogP contribution in [0.5, 0.6) is 0 Å². The van der Waals surface area contributed by atoms with Crippen LogP contribution < -0.4 is 5.32 Å². The molecule has 3 amide bonds. The number of hydrogen-bond acceptors (Lipinski definition) is 3. The van der Waals surface area contributed by atoms with Crippen LogP contribution in [0, 0.1) is 0 Å². The minimum atomic E-state index is -0.182. The molecule has 0 spiro atoms. The number of amides is 3. The third-order valence-electron chi connectivity index (χ3n) is 6.56. The second-order valence-corrected chi connectivity index (χ2v) is 10.1. The number of imide groups is 1. The summed E-state index contributed by atoms with van der Waals surface area (Å²) in [5.41, 5.74) is 3.13. The Bertz CT molecular complexity index is 1160. The summed E-state index contributed by atoms with van der Waals surface area (Å²) in [5.74, 6) is -0.311. The monoisotopic (exact) mass is 546 g/mol. The fourth-order valence-corrected chi connectivity index (χ4v) is 4.86. The predicted molar refractivity (Wildman–Crippen MR) is 145 cm³/mol. The molecule has 6 heteroatoms. The number of hydrogen-bond donors (Lipinski definition) is 1. The van der Waals surface area contributed by atoms with Crippen molar-refractivity contribution in [1.82, 2.24) is 10.2 Å². The van der Waals surface area contributed by atoms with Crippen molar-refractivity contribution in [2.24, 2.45) is 0 Å². The fraction of sp³-hybridized carbons (Fsp3) is 0.300. The fourth-order valence-electron chi connectivity index (χ4n) is 4.60. The minimum absolute atomic E-state index is 0.0531. The normalized spacial score (nSPS) is 13.5. The number of halogens is 1. The number of carbonyl (C=O) groups excluding carboxylic acids is 3. The quantitative estimate of drug-likeness (QED) is 0.203. The van der Waals surface area contributed by atoms with Gasteiger partial charge in [0.05, 0.1) is 17.2 Å². The van der Waals surface area contributed by atoms with Gasteiger partial charge in [0.2, 0.25) is 5.91 Å². The van der Waals surface area contributed by atoms with E-state index in [4.69, 9.17) is 0 Å².